The molecule has 30 heavy (non-hydrogen) atoms. The van der Waals surface area contributed by atoms with E-state index in [2.05, 4.69) is 10.6 Å². The lowest BCUT2D eigenvalue weighted by atomic mass is 10.1. The second kappa shape index (κ2) is 10.0. The van der Waals surface area contributed by atoms with Gasteiger partial charge in [0, 0.05) is 17.4 Å². The molecule has 3 N–H and O–H groups in total. The van der Waals surface area contributed by atoms with Crippen molar-refractivity contribution in [1.29, 1.82) is 0 Å². The molecule has 7 heteroatoms. The topological polar surface area (TPSA) is 81.7 Å². The number of hydrogen-bond acceptors (Lipinski definition) is 5. The summed E-state index contributed by atoms with van der Waals surface area (Å²) in [6.45, 7) is 4.93. The van der Waals surface area contributed by atoms with Crippen molar-refractivity contribution < 1.29 is 14.7 Å². The van der Waals surface area contributed by atoms with Crippen molar-refractivity contribution in [2.75, 3.05) is 23.7 Å². The van der Waals surface area contributed by atoms with Gasteiger partial charge in [-0.15, -0.1) is 11.3 Å². The zero-order chi connectivity index (χ0) is 21.5. The third-order valence-corrected chi connectivity index (χ3v) is 5.69. The van der Waals surface area contributed by atoms with Crippen LogP contribution in [0.1, 0.15) is 35.1 Å². The first-order chi connectivity index (χ1) is 14.5. The van der Waals surface area contributed by atoms with Gasteiger partial charge in [0.15, 0.2) is 0 Å². The van der Waals surface area contributed by atoms with E-state index >= 15 is 0 Å². The third-order valence-electron chi connectivity index (χ3n) is 4.82. The van der Waals surface area contributed by atoms with Gasteiger partial charge in [-0.25, -0.2) is 0 Å². The first-order valence-corrected chi connectivity index (χ1v) is 10.6. The Morgan fingerprint density at radius 2 is 1.73 bits per heavy atom. The average molecular weight is 424 g/mol. The van der Waals surface area contributed by atoms with E-state index in [1.54, 1.807) is 48.5 Å². The van der Waals surface area contributed by atoms with Gasteiger partial charge in [-0.3, -0.25) is 14.5 Å². The molecule has 0 fully saturated rings. The highest BCUT2D eigenvalue weighted by atomic mass is 32.1. The SMILES string of the molecule is CCN(CC(=O)Nc1ccc(NC(=O)c2cccs2)cc1)[C@H](C)c1cccc(O)c1. The quantitative estimate of drug-likeness (QED) is 0.489. The molecular weight excluding hydrogens is 398 g/mol. The summed E-state index contributed by atoms with van der Waals surface area (Å²) < 4.78 is 0. The van der Waals surface area contributed by atoms with E-state index in [-0.39, 0.29) is 30.2 Å². The molecule has 3 aromatic rings. The van der Waals surface area contributed by atoms with Crippen LogP contribution >= 0.6 is 11.3 Å². The van der Waals surface area contributed by atoms with E-state index in [1.807, 2.05) is 36.3 Å². The molecule has 0 saturated heterocycles. The van der Waals surface area contributed by atoms with E-state index in [1.165, 1.54) is 11.3 Å². The Kier molecular flexibility index (Phi) is 7.21. The van der Waals surface area contributed by atoms with Crippen LogP contribution < -0.4 is 10.6 Å². The summed E-state index contributed by atoms with van der Waals surface area (Å²) in [5.74, 6) is -0.0633. The summed E-state index contributed by atoms with van der Waals surface area (Å²) in [4.78, 5) is 27.3. The molecule has 1 heterocycles. The number of anilines is 2. The number of thiophene rings is 1. The molecule has 0 saturated carbocycles. The van der Waals surface area contributed by atoms with Crippen LogP contribution in [-0.4, -0.2) is 34.9 Å². The zero-order valence-corrected chi connectivity index (χ0v) is 17.8. The molecule has 0 radical (unpaired) electrons. The van der Waals surface area contributed by atoms with Gasteiger partial charge in [0.25, 0.3) is 5.91 Å². The molecule has 2 aromatic carbocycles. The van der Waals surface area contributed by atoms with Gasteiger partial charge in [0.1, 0.15) is 5.75 Å². The largest absolute Gasteiger partial charge is 0.508 e. The van der Waals surface area contributed by atoms with Crippen LogP contribution in [0.3, 0.4) is 0 Å². The Hall–Kier alpha value is -3.16. The highest BCUT2D eigenvalue weighted by Crippen LogP contribution is 2.23. The third kappa shape index (κ3) is 5.68. The number of carbonyl (C=O) groups is 2. The fourth-order valence-electron chi connectivity index (χ4n) is 3.14. The van der Waals surface area contributed by atoms with Crippen molar-refractivity contribution in [3.63, 3.8) is 0 Å². The Bertz CT molecular complexity index is 987. The van der Waals surface area contributed by atoms with Gasteiger partial charge in [-0.1, -0.05) is 25.1 Å². The number of amides is 2. The second-order valence-electron chi connectivity index (χ2n) is 6.89. The van der Waals surface area contributed by atoms with Crippen molar-refractivity contribution in [2.45, 2.75) is 19.9 Å². The average Bonchev–Trinajstić information content (AvgIpc) is 3.28. The summed E-state index contributed by atoms with van der Waals surface area (Å²) in [7, 11) is 0. The van der Waals surface area contributed by atoms with Gasteiger partial charge < -0.3 is 15.7 Å². The van der Waals surface area contributed by atoms with Gasteiger partial charge in [0.2, 0.25) is 5.91 Å². The number of aromatic hydroxyl groups is 1. The zero-order valence-electron chi connectivity index (χ0n) is 17.0. The lowest BCUT2D eigenvalue weighted by Crippen LogP contribution is -2.35. The number of hydrogen-bond donors (Lipinski definition) is 3. The summed E-state index contributed by atoms with van der Waals surface area (Å²) in [6, 6.07) is 17.7. The van der Waals surface area contributed by atoms with E-state index in [9.17, 15) is 14.7 Å². The van der Waals surface area contributed by atoms with Crippen LogP contribution in [0.25, 0.3) is 0 Å². The molecule has 1 atom stereocenters. The molecule has 2 amide bonds. The maximum atomic E-state index is 12.5. The van der Waals surface area contributed by atoms with Gasteiger partial charge in [-0.2, -0.15) is 0 Å². The number of carbonyl (C=O) groups excluding carboxylic acids is 2. The maximum absolute atomic E-state index is 12.5. The van der Waals surface area contributed by atoms with Crippen LogP contribution in [0.15, 0.2) is 66.0 Å². The predicted molar refractivity (Wildman–Crippen MR) is 121 cm³/mol. The lowest BCUT2D eigenvalue weighted by molar-refractivity contribution is -0.117. The predicted octanol–water partition coefficient (Wildman–Crippen LogP) is 4.73. The minimum atomic E-state index is -0.152. The van der Waals surface area contributed by atoms with E-state index in [0.717, 1.165) is 5.56 Å². The minimum Gasteiger partial charge on any atom is -0.508 e. The Balaban J connectivity index is 1.56. The van der Waals surface area contributed by atoms with Crippen LogP contribution in [0.5, 0.6) is 5.75 Å². The summed E-state index contributed by atoms with van der Waals surface area (Å²) in [5.41, 5.74) is 2.28. The van der Waals surface area contributed by atoms with E-state index in [4.69, 9.17) is 0 Å². The standard InChI is InChI=1S/C23H25N3O3S/c1-3-26(16(2)17-6-4-7-20(27)14-17)15-22(28)24-18-9-11-19(12-10-18)25-23(29)21-8-5-13-30-21/h4-14,16,27H,3,15H2,1-2H3,(H,24,28)(H,25,29)/t16-/m1/s1. The molecule has 0 aliphatic carbocycles. The van der Waals surface area contributed by atoms with Crippen LogP contribution in [0, 0.1) is 0 Å². The van der Waals surface area contributed by atoms with E-state index in [0.29, 0.717) is 22.8 Å². The summed E-state index contributed by atoms with van der Waals surface area (Å²) >= 11 is 1.38. The van der Waals surface area contributed by atoms with Gasteiger partial charge in [0.05, 0.1) is 11.4 Å². The van der Waals surface area contributed by atoms with Crippen molar-refractivity contribution in [1.82, 2.24) is 4.90 Å². The molecule has 156 valence electrons. The van der Waals surface area contributed by atoms with Crippen molar-refractivity contribution in [3.05, 3.63) is 76.5 Å². The van der Waals surface area contributed by atoms with Crippen LogP contribution in [0.2, 0.25) is 0 Å². The highest BCUT2D eigenvalue weighted by molar-refractivity contribution is 7.12. The Morgan fingerprint density at radius 1 is 1.03 bits per heavy atom. The van der Waals surface area contributed by atoms with Gasteiger partial charge in [-0.05, 0) is 66.9 Å². The number of likely N-dealkylation sites (N-methyl/N-ethyl adjacent to an activating group) is 1. The Labute approximate surface area is 180 Å². The first kappa shape index (κ1) is 21.5. The van der Waals surface area contributed by atoms with Crippen molar-refractivity contribution in [2.24, 2.45) is 0 Å². The highest BCUT2D eigenvalue weighted by Gasteiger charge is 2.18. The number of benzene rings is 2. The maximum Gasteiger partial charge on any atom is 0.265 e. The molecular formula is C23H25N3O3S. The number of nitrogens with one attached hydrogen (secondary N) is 2. The molecule has 1 aromatic heterocycles. The lowest BCUT2D eigenvalue weighted by Gasteiger charge is -2.27. The molecule has 3 rings (SSSR count). The number of nitrogens with zero attached hydrogens (tertiary/aromatic N) is 1. The smallest absolute Gasteiger partial charge is 0.265 e. The fraction of sp³-hybridized carbons (Fsp3) is 0.217. The molecule has 0 unspecified atom stereocenters. The normalized spacial score (nSPS) is 11.8. The molecule has 6 nitrogen and oxygen atoms in total. The monoisotopic (exact) mass is 423 g/mol. The Morgan fingerprint density at radius 3 is 2.33 bits per heavy atom. The van der Waals surface area contributed by atoms with Crippen LogP contribution in [0.4, 0.5) is 11.4 Å². The summed E-state index contributed by atoms with van der Waals surface area (Å²) in [6.07, 6.45) is 0. The second-order valence-corrected chi connectivity index (χ2v) is 7.84. The molecule has 0 spiro atoms. The molecule has 0 aliphatic rings. The number of rotatable bonds is 8. The molecule has 0 bridgehead atoms. The van der Waals surface area contributed by atoms with Crippen molar-refractivity contribution >= 4 is 34.5 Å². The first-order valence-electron chi connectivity index (χ1n) is 9.74. The molecule has 0 aliphatic heterocycles. The summed E-state index contributed by atoms with van der Waals surface area (Å²) in [5, 5.41) is 17.3. The number of phenolic OH excluding ortho intramolecular Hbond substituents is 1. The van der Waals surface area contributed by atoms with E-state index < -0.39 is 0 Å². The minimum absolute atomic E-state index is 0.0114. The van der Waals surface area contributed by atoms with Crippen molar-refractivity contribution in [3.8, 4) is 5.75 Å². The van der Waals surface area contributed by atoms with Crippen LogP contribution in [-0.2, 0) is 4.79 Å². The van der Waals surface area contributed by atoms with Gasteiger partial charge >= 0.3 is 0 Å². The fourth-order valence-corrected chi connectivity index (χ4v) is 3.76. The number of phenols is 1.